The molecule has 0 aliphatic heterocycles. The van der Waals surface area contributed by atoms with Gasteiger partial charge < -0.3 is 4.74 Å². The second-order valence-electron chi connectivity index (χ2n) is 3.90. The molecular formula is C13H20O. The molecule has 1 atom stereocenters. The van der Waals surface area contributed by atoms with Gasteiger partial charge in [0.15, 0.2) is 0 Å². The number of hydrogen-bond acceptors (Lipinski definition) is 1. The van der Waals surface area contributed by atoms with Crippen LogP contribution in [0.5, 0.6) is 0 Å². The van der Waals surface area contributed by atoms with Crippen LogP contribution in [0.3, 0.4) is 0 Å². The van der Waals surface area contributed by atoms with Crippen LogP contribution >= 0.6 is 0 Å². The summed E-state index contributed by atoms with van der Waals surface area (Å²) in [6.45, 7) is 7.16. The van der Waals surface area contributed by atoms with E-state index < -0.39 is 0 Å². The summed E-state index contributed by atoms with van der Waals surface area (Å²) in [6.07, 6.45) is 2.71. The maximum Gasteiger partial charge on any atom is 0.0720 e. The van der Waals surface area contributed by atoms with E-state index in [4.69, 9.17) is 4.74 Å². The first-order chi connectivity index (χ1) is 6.72. The quantitative estimate of drug-likeness (QED) is 0.691. The van der Waals surface area contributed by atoms with Gasteiger partial charge in [-0.25, -0.2) is 0 Å². The van der Waals surface area contributed by atoms with Crippen LogP contribution in [0.15, 0.2) is 24.3 Å². The van der Waals surface area contributed by atoms with Gasteiger partial charge in [0.2, 0.25) is 0 Å². The van der Waals surface area contributed by atoms with Gasteiger partial charge in [0.1, 0.15) is 0 Å². The molecule has 1 rings (SSSR count). The van der Waals surface area contributed by atoms with Crippen LogP contribution in [-0.4, -0.2) is 6.10 Å². The van der Waals surface area contributed by atoms with E-state index in [0.29, 0.717) is 6.10 Å². The van der Waals surface area contributed by atoms with Gasteiger partial charge in [0.05, 0.1) is 12.7 Å². The Balaban J connectivity index is 2.34. The van der Waals surface area contributed by atoms with E-state index in [-0.39, 0.29) is 0 Å². The molecule has 0 amide bonds. The molecule has 1 aromatic rings. The topological polar surface area (TPSA) is 9.23 Å². The van der Waals surface area contributed by atoms with Crippen molar-refractivity contribution in [3.05, 3.63) is 35.4 Å². The Kier molecular flexibility index (Phi) is 4.68. The van der Waals surface area contributed by atoms with Crippen molar-refractivity contribution in [2.24, 2.45) is 0 Å². The Hall–Kier alpha value is -0.820. The van der Waals surface area contributed by atoms with E-state index in [1.165, 1.54) is 17.5 Å². The van der Waals surface area contributed by atoms with Crippen LogP contribution in [0.2, 0.25) is 0 Å². The van der Waals surface area contributed by atoms with Crippen molar-refractivity contribution in [1.29, 1.82) is 0 Å². The zero-order chi connectivity index (χ0) is 10.4. The first-order valence-corrected chi connectivity index (χ1v) is 5.39. The highest BCUT2D eigenvalue weighted by Gasteiger charge is 2.00. The lowest BCUT2D eigenvalue weighted by atomic mass is 10.1. The summed E-state index contributed by atoms with van der Waals surface area (Å²) in [5.74, 6) is 0. The lowest BCUT2D eigenvalue weighted by Crippen LogP contribution is -2.07. The summed E-state index contributed by atoms with van der Waals surface area (Å²) in [4.78, 5) is 0. The van der Waals surface area contributed by atoms with Gasteiger partial charge in [-0.15, -0.1) is 0 Å². The van der Waals surface area contributed by atoms with E-state index in [0.717, 1.165) is 13.0 Å². The summed E-state index contributed by atoms with van der Waals surface area (Å²) in [6, 6.07) is 8.52. The van der Waals surface area contributed by atoms with Gasteiger partial charge in [-0.2, -0.15) is 0 Å². The van der Waals surface area contributed by atoms with Crippen molar-refractivity contribution in [3.8, 4) is 0 Å². The molecule has 0 aromatic heterocycles. The molecule has 1 heteroatoms. The van der Waals surface area contributed by atoms with Gasteiger partial charge >= 0.3 is 0 Å². The zero-order valence-corrected chi connectivity index (χ0v) is 9.42. The van der Waals surface area contributed by atoms with Crippen LogP contribution in [0.1, 0.15) is 37.8 Å². The highest BCUT2D eigenvalue weighted by molar-refractivity contribution is 5.20. The molecule has 14 heavy (non-hydrogen) atoms. The second kappa shape index (κ2) is 5.82. The Morgan fingerprint density at radius 2 is 1.86 bits per heavy atom. The average Bonchev–Trinajstić information content (AvgIpc) is 2.17. The normalized spacial score (nSPS) is 12.8. The third-order valence-electron chi connectivity index (χ3n) is 2.35. The van der Waals surface area contributed by atoms with Gasteiger partial charge in [-0.3, -0.25) is 0 Å². The van der Waals surface area contributed by atoms with Crippen molar-refractivity contribution in [2.75, 3.05) is 0 Å². The van der Waals surface area contributed by atoms with E-state index in [1.807, 2.05) is 0 Å². The molecule has 0 heterocycles. The molecule has 1 unspecified atom stereocenters. The predicted octanol–water partition coefficient (Wildman–Crippen LogP) is 3.70. The fraction of sp³-hybridized carbons (Fsp3) is 0.538. The molecular weight excluding hydrogens is 172 g/mol. The van der Waals surface area contributed by atoms with E-state index in [1.54, 1.807) is 0 Å². The molecule has 0 spiro atoms. The summed E-state index contributed by atoms with van der Waals surface area (Å²) < 4.78 is 5.71. The fourth-order valence-electron chi connectivity index (χ4n) is 1.41. The maximum absolute atomic E-state index is 5.71. The Bertz CT molecular complexity index is 250. The van der Waals surface area contributed by atoms with Gasteiger partial charge in [-0.1, -0.05) is 43.2 Å². The second-order valence-corrected chi connectivity index (χ2v) is 3.90. The number of hydrogen-bond donors (Lipinski definition) is 0. The van der Waals surface area contributed by atoms with E-state index in [9.17, 15) is 0 Å². The molecule has 0 fully saturated rings. The zero-order valence-electron chi connectivity index (χ0n) is 9.42. The first-order valence-electron chi connectivity index (χ1n) is 5.39. The third kappa shape index (κ3) is 3.93. The lowest BCUT2D eigenvalue weighted by molar-refractivity contribution is 0.0472. The molecule has 1 aromatic carbocycles. The molecule has 0 aliphatic rings. The monoisotopic (exact) mass is 192 g/mol. The van der Waals surface area contributed by atoms with Crippen molar-refractivity contribution in [3.63, 3.8) is 0 Å². The standard InChI is InChI=1S/C13H20O/c1-4-5-12(3)14-10-13-8-6-11(2)7-9-13/h6-9,12H,4-5,10H2,1-3H3. The predicted molar refractivity (Wildman–Crippen MR) is 60.3 cm³/mol. The van der Waals surface area contributed by atoms with Crippen molar-refractivity contribution in [1.82, 2.24) is 0 Å². The van der Waals surface area contributed by atoms with Crippen molar-refractivity contribution < 1.29 is 4.74 Å². The molecule has 1 nitrogen and oxygen atoms in total. The van der Waals surface area contributed by atoms with Crippen molar-refractivity contribution in [2.45, 2.75) is 46.3 Å². The summed E-state index contributed by atoms with van der Waals surface area (Å²) in [5, 5.41) is 0. The van der Waals surface area contributed by atoms with Crippen LogP contribution < -0.4 is 0 Å². The van der Waals surface area contributed by atoms with E-state index in [2.05, 4.69) is 45.0 Å². The van der Waals surface area contributed by atoms with Crippen LogP contribution in [-0.2, 0) is 11.3 Å². The van der Waals surface area contributed by atoms with Crippen LogP contribution in [0.4, 0.5) is 0 Å². The Labute approximate surface area is 87.1 Å². The van der Waals surface area contributed by atoms with Gasteiger partial charge in [0, 0.05) is 0 Å². The molecule has 0 radical (unpaired) electrons. The minimum Gasteiger partial charge on any atom is -0.374 e. The summed E-state index contributed by atoms with van der Waals surface area (Å²) >= 11 is 0. The first kappa shape index (κ1) is 11.3. The summed E-state index contributed by atoms with van der Waals surface area (Å²) in [5.41, 5.74) is 2.56. The lowest BCUT2D eigenvalue weighted by Gasteiger charge is -2.11. The molecule has 0 aliphatic carbocycles. The minimum atomic E-state index is 0.376. The van der Waals surface area contributed by atoms with Gasteiger partial charge in [-0.05, 0) is 25.8 Å². The minimum absolute atomic E-state index is 0.376. The smallest absolute Gasteiger partial charge is 0.0720 e. The third-order valence-corrected chi connectivity index (χ3v) is 2.35. The molecule has 0 bridgehead atoms. The molecule has 78 valence electrons. The Morgan fingerprint density at radius 3 is 2.43 bits per heavy atom. The highest BCUT2D eigenvalue weighted by Crippen LogP contribution is 2.08. The molecule has 0 saturated carbocycles. The van der Waals surface area contributed by atoms with Gasteiger partial charge in [0.25, 0.3) is 0 Å². The number of ether oxygens (including phenoxy) is 1. The Morgan fingerprint density at radius 1 is 1.21 bits per heavy atom. The largest absolute Gasteiger partial charge is 0.374 e. The molecule has 0 N–H and O–H groups in total. The SMILES string of the molecule is CCCC(C)OCc1ccc(C)cc1. The number of rotatable bonds is 5. The summed E-state index contributed by atoms with van der Waals surface area (Å²) in [7, 11) is 0. The average molecular weight is 192 g/mol. The fourth-order valence-corrected chi connectivity index (χ4v) is 1.41. The number of aryl methyl sites for hydroxylation is 1. The highest BCUT2D eigenvalue weighted by atomic mass is 16.5. The molecule has 0 saturated heterocycles. The maximum atomic E-state index is 5.71. The van der Waals surface area contributed by atoms with Crippen LogP contribution in [0.25, 0.3) is 0 Å². The van der Waals surface area contributed by atoms with Crippen molar-refractivity contribution >= 4 is 0 Å². The van der Waals surface area contributed by atoms with Crippen LogP contribution in [0, 0.1) is 6.92 Å². The van der Waals surface area contributed by atoms with E-state index >= 15 is 0 Å². The number of benzene rings is 1.